The molecule has 2 N–H and O–H groups in total. The zero-order valence-electron chi connectivity index (χ0n) is 18.4. The van der Waals surface area contributed by atoms with Gasteiger partial charge in [-0.05, 0) is 42.1 Å². The summed E-state index contributed by atoms with van der Waals surface area (Å²) < 4.78 is 1.46. The lowest BCUT2D eigenvalue weighted by Gasteiger charge is -2.12. The molecular weight excluding hydrogens is 448 g/mol. The summed E-state index contributed by atoms with van der Waals surface area (Å²) in [4.78, 5) is 41.3. The van der Waals surface area contributed by atoms with Gasteiger partial charge in [-0.1, -0.05) is 54.1 Å². The van der Waals surface area contributed by atoms with Gasteiger partial charge < -0.3 is 5.32 Å². The number of thiophene rings is 1. The average Bonchev–Trinajstić information content (AvgIpc) is 3.52. The van der Waals surface area contributed by atoms with Gasteiger partial charge >= 0.3 is 6.03 Å². The lowest BCUT2D eigenvalue weighted by Crippen LogP contribution is -2.30. The Labute approximate surface area is 200 Å². The van der Waals surface area contributed by atoms with Crippen LogP contribution in [0.1, 0.15) is 27.3 Å². The van der Waals surface area contributed by atoms with E-state index in [1.54, 1.807) is 11.3 Å². The Morgan fingerprint density at radius 1 is 0.971 bits per heavy atom. The fourth-order valence-electron chi connectivity index (χ4n) is 3.98. The molecule has 0 aliphatic carbocycles. The third kappa shape index (κ3) is 4.23. The monoisotopic (exact) mass is 470 g/mol. The summed E-state index contributed by atoms with van der Waals surface area (Å²) in [6.45, 7) is 2.12. The second-order valence-electron chi connectivity index (χ2n) is 8.10. The van der Waals surface area contributed by atoms with Gasteiger partial charge in [0, 0.05) is 11.3 Å². The van der Waals surface area contributed by atoms with Crippen molar-refractivity contribution < 1.29 is 9.59 Å². The van der Waals surface area contributed by atoms with Crippen LogP contribution in [0.2, 0.25) is 0 Å². The minimum Gasteiger partial charge on any atom is -0.303 e. The van der Waals surface area contributed by atoms with Crippen LogP contribution in [0.25, 0.3) is 11.8 Å². The second kappa shape index (κ2) is 8.99. The topological polar surface area (TPSA) is 87.2 Å². The molecule has 3 amide bonds. The minimum atomic E-state index is -0.503. The highest BCUT2D eigenvalue weighted by atomic mass is 32.1. The smallest absolute Gasteiger partial charge is 0.303 e. The van der Waals surface area contributed by atoms with Crippen molar-refractivity contribution >= 4 is 29.4 Å². The van der Waals surface area contributed by atoms with Crippen molar-refractivity contribution in [2.75, 3.05) is 0 Å². The number of nitrogens with zero attached hydrogens (tertiary/aromatic N) is 2. The van der Waals surface area contributed by atoms with E-state index >= 15 is 0 Å². The summed E-state index contributed by atoms with van der Waals surface area (Å²) in [5.74, 6) is -0.458. The number of carbonyl (C=O) groups excluding carboxylic acids is 2. The van der Waals surface area contributed by atoms with Gasteiger partial charge in [0.25, 0.3) is 11.5 Å². The number of aromatic amines is 1. The number of hydrogen-bond acceptors (Lipinski definition) is 4. The molecule has 170 valence electrons. The summed E-state index contributed by atoms with van der Waals surface area (Å²) in [5.41, 5.74) is 3.41. The van der Waals surface area contributed by atoms with Gasteiger partial charge in [0.15, 0.2) is 0 Å². The highest BCUT2D eigenvalue weighted by Crippen LogP contribution is 2.21. The maximum atomic E-state index is 13.4. The number of amides is 3. The van der Waals surface area contributed by atoms with Gasteiger partial charge in [0.05, 0.1) is 23.5 Å². The van der Waals surface area contributed by atoms with Crippen LogP contribution in [-0.4, -0.2) is 26.6 Å². The maximum Gasteiger partial charge on any atom is 0.329 e. The van der Waals surface area contributed by atoms with Gasteiger partial charge in [-0.25, -0.2) is 9.48 Å². The molecule has 1 aliphatic rings. The Morgan fingerprint density at radius 3 is 2.53 bits per heavy atom. The molecule has 0 saturated carbocycles. The molecule has 7 nitrogen and oxygen atoms in total. The summed E-state index contributed by atoms with van der Waals surface area (Å²) in [7, 11) is 0. The standard InChI is InChI=1S/C26H22N4O3S/c1-17-7-5-8-18(13-17)16-29-25(32)23(27-26(29)33)15-21-22(14-20-11-6-12-34-20)28-30(24(21)31)19-9-3-2-4-10-19/h2-13,15,28H,14,16H2,1H3,(H,27,33)/b23-15-. The van der Waals surface area contributed by atoms with E-state index in [1.807, 2.05) is 79.0 Å². The van der Waals surface area contributed by atoms with Gasteiger partial charge in [-0.2, -0.15) is 0 Å². The fourth-order valence-corrected chi connectivity index (χ4v) is 4.69. The Hall–Kier alpha value is -4.17. The largest absolute Gasteiger partial charge is 0.329 e. The number of H-pyrrole nitrogens is 1. The molecule has 2 aromatic heterocycles. The van der Waals surface area contributed by atoms with E-state index < -0.39 is 11.9 Å². The maximum absolute atomic E-state index is 13.4. The van der Waals surface area contributed by atoms with E-state index in [4.69, 9.17) is 0 Å². The minimum absolute atomic E-state index is 0.0846. The quantitative estimate of drug-likeness (QED) is 0.327. The van der Waals surface area contributed by atoms with Crippen LogP contribution >= 0.6 is 11.3 Å². The van der Waals surface area contributed by atoms with Crippen LogP contribution in [0.3, 0.4) is 0 Å². The number of aryl methyl sites for hydroxylation is 1. The van der Waals surface area contributed by atoms with Crippen LogP contribution in [0.4, 0.5) is 4.79 Å². The van der Waals surface area contributed by atoms with E-state index in [2.05, 4.69) is 10.4 Å². The van der Waals surface area contributed by atoms with Gasteiger partial charge in [-0.3, -0.25) is 19.6 Å². The SMILES string of the molecule is Cc1cccc(CN2C(=O)N/C(=C\c3c(Cc4cccs4)[nH]n(-c4ccccc4)c3=O)C2=O)c1. The fraction of sp³-hybridized carbons (Fsp3) is 0.115. The molecule has 0 unspecified atom stereocenters. The predicted octanol–water partition coefficient (Wildman–Crippen LogP) is 4.22. The Bertz CT molecular complexity index is 1450. The van der Waals surface area contributed by atoms with Crippen molar-refractivity contribution in [3.8, 4) is 5.69 Å². The Balaban J connectivity index is 1.52. The number of rotatable bonds is 6. The highest BCUT2D eigenvalue weighted by molar-refractivity contribution is 7.09. The molecule has 5 rings (SSSR count). The average molecular weight is 471 g/mol. The molecule has 1 aliphatic heterocycles. The third-order valence-electron chi connectivity index (χ3n) is 5.63. The van der Waals surface area contributed by atoms with Crippen LogP contribution < -0.4 is 10.9 Å². The van der Waals surface area contributed by atoms with Crippen LogP contribution in [-0.2, 0) is 17.8 Å². The second-order valence-corrected chi connectivity index (χ2v) is 9.14. The highest BCUT2D eigenvalue weighted by Gasteiger charge is 2.34. The van der Waals surface area contributed by atoms with Crippen molar-refractivity contribution in [2.24, 2.45) is 0 Å². The number of benzene rings is 2. The molecule has 1 fully saturated rings. The Morgan fingerprint density at radius 2 is 1.79 bits per heavy atom. The molecular formula is C26H22N4O3S. The van der Waals surface area contributed by atoms with Gasteiger partial charge in [-0.15, -0.1) is 11.3 Å². The summed E-state index contributed by atoms with van der Waals surface area (Å²) >= 11 is 1.59. The molecule has 0 bridgehead atoms. The van der Waals surface area contributed by atoms with Crippen LogP contribution in [0.5, 0.6) is 0 Å². The summed E-state index contributed by atoms with van der Waals surface area (Å²) in [6.07, 6.45) is 1.98. The lowest BCUT2D eigenvalue weighted by atomic mass is 10.1. The molecule has 8 heteroatoms. The molecule has 0 radical (unpaired) electrons. The number of carbonyl (C=O) groups is 2. The van der Waals surface area contributed by atoms with E-state index in [0.29, 0.717) is 23.4 Å². The first-order valence-corrected chi connectivity index (χ1v) is 11.7. The van der Waals surface area contributed by atoms with E-state index in [9.17, 15) is 14.4 Å². The Kier molecular flexibility index (Phi) is 5.73. The van der Waals surface area contributed by atoms with Crippen molar-refractivity contribution in [3.63, 3.8) is 0 Å². The van der Waals surface area contributed by atoms with Crippen molar-refractivity contribution in [2.45, 2.75) is 19.9 Å². The molecule has 3 heterocycles. The zero-order chi connectivity index (χ0) is 23.7. The molecule has 34 heavy (non-hydrogen) atoms. The number of aromatic nitrogens is 2. The molecule has 1 saturated heterocycles. The number of urea groups is 1. The number of imide groups is 1. The molecule has 0 atom stereocenters. The first-order chi connectivity index (χ1) is 16.5. The van der Waals surface area contributed by atoms with Gasteiger partial charge in [0.2, 0.25) is 0 Å². The summed E-state index contributed by atoms with van der Waals surface area (Å²) in [6, 6.07) is 20.3. The van der Waals surface area contributed by atoms with Crippen molar-refractivity contribution in [1.29, 1.82) is 0 Å². The van der Waals surface area contributed by atoms with Gasteiger partial charge in [0.1, 0.15) is 5.70 Å². The van der Waals surface area contributed by atoms with E-state index in [0.717, 1.165) is 20.9 Å². The normalized spacial score (nSPS) is 14.7. The van der Waals surface area contributed by atoms with Crippen molar-refractivity contribution in [1.82, 2.24) is 20.0 Å². The zero-order valence-corrected chi connectivity index (χ0v) is 19.3. The van der Waals surface area contributed by atoms with Crippen LogP contribution in [0, 0.1) is 6.92 Å². The van der Waals surface area contributed by atoms with Crippen LogP contribution in [0.15, 0.2) is 82.6 Å². The molecule has 2 aromatic carbocycles. The molecule has 0 spiro atoms. The number of hydrogen-bond donors (Lipinski definition) is 2. The number of nitrogens with one attached hydrogen (secondary N) is 2. The third-order valence-corrected chi connectivity index (χ3v) is 6.50. The molecule has 4 aromatic rings. The lowest BCUT2D eigenvalue weighted by molar-refractivity contribution is -0.123. The predicted molar refractivity (Wildman–Crippen MR) is 132 cm³/mol. The summed E-state index contributed by atoms with van der Waals surface area (Å²) in [5, 5.41) is 7.80. The first kappa shape index (κ1) is 21.7. The van der Waals surface area contributed by atoms with Crippen molar-refractivity contribution in [3.05, 3.63) is 115 Å². The van der Waals surface area contributed by atoms with E-state index in [1.165, 1.54) is 10.8 Å². The van der Waals surface area contributed by atoms with E-state index in [-0.39, 0.29) is 17.8 Å². The number of para-hydroxylation sites is 1. The first-order valence-electron chi connectivity index (χ1n) is 10.8.